The molecular formula is C68H37N5O2. The molecule has 5 aromatic heterocycles. The third kappa shape index (κ3) is 5.78. The molecule has 7 nitrogen and oxygen atoms in total. The Morgan fingerprint density at radius 1 is 0.267 bits per heavy atom. The van der Waals surface area contributed by atoms with E-state index in [0.29, 0.717) is 28.2 Å². The Hall–Kier alpha value is -10.6. The van der Waals surface area contributed by atoms with Crippen LogP contribution < -0.4 is 0 Å². The zero-order valence-electron chi connectivity index (χ0n) is 39.9. The zero-order chi connectivity index (χ0) is 49.5. The van der Waals surface area contributed by atoms with E-state index in [9.17, 15) is 10.5 Å². The van der Waals surface area contributed by atoms with E-state index >= 15 is 0 Å². The lowest BCUT2D eigenvalue weighted by Crippen LogP contribution is -2.11. The Morgan fingerprint density at radius 2 is 0.573 bits per heavy atom. The van der Waals surface area contributed by atoms with Gasteiger partial charge in [-0.2, -0.15) is 10.5 Å². The third-order valence-electron chi connectivity index (χ3n) is 15.5. The molecule has 7 heteroatoms. The summed E-state index contributed by atoms with van der Waals surface area (Å²) in [6.07, 6.45) is 0. The maximum absolute atomic E-state index is 11.9. The Balaban J connectivity index is 1.04. The number of fused-ring (bicyclic) bond motifs is 15. The lowest BCUT2D eigenvalue weighted by molar-refractivity contribution is 0.668. The highest BCUT2D eigenvalue weighted by molar-refractivity contribution is 6.15. The molecule has 0 spiro atoms. The van der Waals surface area contributed by atoms with E-state index in [1.54, 1.807) is 0 Å². The molecule has 0 aliphatic rings. The Kier molecular flexibility index (Phi) is 8.46. The van der Waals surface area contributed by atoms with Crippen LogP contribution in [-0.2, 0) is 0 Å². The second-order valence-corrected chi connectivity index (χ2v) is 19.4. The molecule has 0 atom stereocenters. The van der Waals surface area contributed by atoms with E-state index in [1.807, 2.05) is 60.7 Å². The van der Waals surface area contributed by atoms with Crippen LogP contribution in [0.5, 0.6) is 0 Å². The number of benzene rings is 11. The molecule has 0 radical (unpaired) electrons. The fourth-order valence-corrected chi connectivity index (χ4v) is 12.2. The minimum Gasteiger partial charge on any atom is -0.456 e. The van der Waals surface area contributed by atoms with E-state index in [1.165, 1.54) is 0 Å². The summed E-state index contributed by atoms with van der Waals surface area (Å²) in [7, 11) is 0. The number of nitriles is 2. The number of rotatable bonds is 5. The summed E-state index contributed by atoms with van der Waals surface area (Å²) < 4.78 is 19.1. The zero-order valence-corrected chi connectivity index (χ0v) is 39.9. The summed E-state index contributed by atoms with van der Waals surface area (Å²) >= 11 is 0. The van der Waals surface area contributed by atoms with Crippen LogP contribution in [0.15, 0.2) is 233 Å². The van der Waals surface area contributed by atoms with Crippen molar-refractivity contribution >= 4 is 109 Å². The van der Waals surface area contributed by atoms with Gasteiger partial charge in [0.25, 0.3) is 0 Å². The normalized spacial score (nSPS) is 12.0. The fourth-order valence-electron chi connectivity index (χ4n) is 12.2. The quantitative estimate of drug-likeness (QED) is 0.172. The summed E-state index contributed by atoms with van der Waals surface area (Å²) in [6, 6.07) is 83.2. The largest absolute Gasteiger partial charge is 0.456 e. The van der Waals surface area contributed by atoms with Gasteiger partial charge >= 0.3 is 0 Å². The van der Waals surface area contributed by atoms with E-state index in [-0.39, 0.29) is 0 Å². The first kappa shape index (κ1) is 41.1. The molecule has 16 aromatic rings. The summed E-state index contributed by atoms with van der Waals surface area (Å²) in [6.45, 7) is 0. The second-order valence-electron chi connectivity index (χ2n) is 19.4. The first-order chi connectivity index (χ1) is 37.1. The van der Waals surface area contributed by atoms with Crippen molar-refractivity contribution < 1.29 is 8.83 Å². The maximum atomic E-state index is 11.9. The van der Waals surface area contributed by atoms with E-state index in [2.05, 4.69) is 190 Å². The first-order valence-corrected chi connectivity index (χ1v) is 25.0. The number of furan rings is 2. The molecule has 5 heterocycles. The van der Waals surface area contributed by atoms with Crippen molar-refractivity contribution in [2.45, 2.75) is 0 Å². The molecule has 16 rings (SSSR count). The molecule has 0 N–H and O–H groups in total. The summed E-state index contributed by atoms with van der Waals surface area (Å²) in [5.74, 6) is 0. The van der Waals surface area contributed by atoms with Gasteiger partial charge in [0.05, 0.1) is 50.2 Å². The number of aromatic nitrogens is 3. The fraction of sp³-hybridized carbons (Fsp3) is 0. The highest BCUT2D eigenvalue weighted by Crippen LogP contribution is 2.45. The average molecular weight is 956 g/mol. The molecule has 75 heavy (non-hydrogen) atoms. The Labute approximate surface area is 427 Å². The van der Waals surface area contributed by atoms with Crippen LogP contribution in [0, 0.1) is 22.7 Å². The molecule has 11 aromatic carbocycles. The number of hydrogen-bond acceptors (Lipinski definition) is 4. The lowest BCUT2D eigenvalue weighted by atomic mass is 9.98. The van der Waals surface area contributed by atoms with Gasteiger partial charge in [-0.25, -0.2) is 0 Å². The number of para-hydroxylation sites is 6. The molecule has 0 amide bonds. The summed E-state index contributed by atoms with van der Waals surface area (Å²) in [5.41, 5.74) is 15.7. The Bertz CT molecular complexity index is 4810. The molecule has 0 aliphatic heterocycles. The third-order valence-corrected chi connectivity index (χ3v) is 15.5. The number of hydrogen-bond donors (Lipinski definition) is 0. The molecule has 0 saturated heterocycles. The van der Waals surface area contributed by atoms with Gasteiger partial charge < -0.3 is 22.5 Å². The average Bonchev–Trinajstić information content (AvgIpc) is 4.28. The highest BCUT2D eigenvalue weighted by atomic mass is 16.3. The van der Waals surface area contributed by atoms with E-state index in [0.717, 1.165) is 132 Å². The van der Waals surface area contributed by atoms with Gasteiger partial charge in [0.2, 0.25) is 0 Å². The van der Waals surface area contributed by atoms with Crippen molar-refractivity contribution in [3.05, 3.63) is 236 Å². The van der Waals surface area contributed by atoms with Crippen LogP contribution in [0.1, 0.15) is 11.1 Å². The molecule has 0 fully saturated rings. The molecule has 0 saturated carbocycles. The Morgan fingerprint density at radius 3 is 0.960 bits per heavy atom. The van der Waals surface area contributed by atoms with Crippen LogP contribution in [0.2, 0.25) is 0 Å². The molecule has 0 bridgehead atoms. The maximum Gasteiger partial charge on any atom is 0.135 e. The highest BCUT2D eigenvalue weighted by Gasteiger charge is 2.29. The van der Waals surface area contributed by atoms with Gasteiger partial charge in [0.1, 0.15) is 45.6 Å². The smallest absolute Gasteiger partial charge is 0.135 e. The minimum atomic E-state index is 0.379. The predicted octanol–water partition coefficient (Wildman–Crippen LogP) is 17.9. The van der Waals surface area contributed by atoms with Crippen LogP contribution in [0.25, 0.3) is 149 Å². The second kappa shape index (κ2) is 15.5. The lowest BCUT2D eigenvalue weighted by Gasteiger charge is -2.21. The van der Waals surface area contributed by atoms with Gasteiger partial charge in [-0.05, 0) is 113 Å². The van der Waals surface area contributed by atoms with Crippen molar-refractivity contribution in [1.82, 2.24) is 13.7 Å². The SMILES string of the molecule is N#Cc1c(-n2c3ccccc3c3ccccc32)cc(-n2c3ccccc3c3ccccc32)c(C#N)c1-n1c2ccc(-c3ccc4oc5ccccc5c4c3)cc2c2cc(-c3ccc4oc5ccccc5c4c3)ccc21. The molecule has 0 aliphatic carbocycles. The van der Waals surface area contributed by atoms with Crippen LogP contribution in [-0.4, -0.2) is 13.7 Å². The van der Waals surface area contributed by atoms with Crippen molar-refractivity contribution in [3.63, 3.8) is 0 Å². The van der Waals surface area contributed by atoms with Crippen LogP contribution in [0.4, 0.5) is 0 Å². The molecule has 0 unspecified atom stereocenters. The van der Waals surface area contributed by atoms with Crippen molar-refractivity contribution in [2.75, 3.05) is 0 Å². The van der Waals surface area contributed by atoms with Gasteiger partial charge in [-0.1, -0.05) is 133 Å². The predicted molar refractivity (Wildman–Crippen MR) is 304 cm³/mol. The van der Waals surface area contributed by atoms with Gasteiger partial charge in [0.15, 0.2) is 0 Å². The standard InChI is InChI=1S/C68H37N5O2/c69-38-54-62(71-56-19-7-1-13-44(56)45-14-2-8-20-57(45)71)37-63(72-58-21-9-3-15-46(58)47-16-4-10-22-59(47)72)55(39-70)68(54)73-60-29-25-40(42-27-31-66-52(35-42)48-17-5-11-23-64(48)74-66)33-50(60)51-34-41(26-30-61(51)73)43-28-32-67-53(36-43)49-18-6-12-24-65(49)75-67/h1-37H. The topological polar surface area (TPSA) is 88.6 Å². The van der Waals surface area contributed by atoms with E-state index < -0.39 is 0 Å². The van der Waals surface area contributed by atoms with Gasteiger partial charge in [-0.15, -0.1) is 0 Å². The van der Waals surface area contributed by atoms with Crippen LogP contribution >= 0.6 is 0 Å². The minimum absolute atomic E-state index is 0.379. The van der Waals surface area contributed by atoms with Crippen molar-refractivity contribution in [2.24, 2.45) is 0 Å². The monoisotopic (exact) mass is 955 g/mol. The summed E-state index contributed by atoms with van der Waals surface area (Å²) in [5, 5.41) is 34.3. The molecule has 346 valence electrons. The van der Waals surface area contributed by atoms with Gasteiger partial charge in [0, 0.05) is 53.9 Å². The van der Waals surface area contributed by atoms with Crippen molar-refractivity contribution in [3.8, 4) is 51.5 Å². The molecular weight excluding hydrogens is 919 g/mol. The number of nitrogens with zero attached hydrogens (tertiary/aromatic N) is 5. The first-order valence-electron chi connectivity index (χ1n) is 25.0. The van der Waals surface area contributed by atoms with Crippen LogP contribution in [0.3, 0.4) is 0 Å². The summed E-state index contributed by atoms with van der Waals surface area (Å²) in [4.78, 5) is 0. The van der Waals surface area contributed by atoms with E-state index in [4.69, 9.17) is 8.83 Å². The van der Waals surface area contributed by atoms with Gasteiger partial charge in [-0.3, -0.25) is 0 Å². The van der Waals surface area contributed by atoms with Crippen molar-refractivity contribution in [1.29, 1.82) is 10.5 Å².